The molecule has 0 aliphatic heterocycles. The molecule has 1 atom stereocenters. The number of nitrogens with one attached hydrogen (secondary N) is 3. The molecule has 1 unspecified atom stereocenters. The highest BCUT2D eigenvalue weighted by molar-refractivity contribution is 6.31. The molecule has 4 N–H and O–H groups in total. The van der Waals surface area contributed by atoms with Gasteiger partial charge in [-0.1, -0.05) is 31.5 Å². The van der Waals surface area contributed by atoms with Crippen molar-refractivity contribution in [2.45, 2.75) is 31.7 Å². The molecule has 0 radical (unpaired) electrons. The van der Waals surface area contributed by atoms with Gasteiger partial charge in [0.25, 0.3) is 0 Å². The first-order chi connectivity index (χ1) is 16.2. The van der Waals surface area contributed by atoms with E-state index in [4.69, 9.17) is 11.6 Å². The number of hydrogen-bond acceptors (Lipinski definition) is 6. The average molecular weight is 483 g/mol. The molecule has 0 aliphatic carbocycles. The highest BCUT2D eigenvalue weighted by atomic mass is 35.5. The van der Waals surface area contributed by atoms with Gasteiger partial charge >= 0.3 is 5.97 Å². The van der Waals surface area contributed by atoms with E-state index in [-0.39, 0.29) is 12.2 Å². The van der Waals surface area contributed by atoms with E-state index < -0.39 is 23.2 Å². The number of hydrogen-bond donors (Lipinski definition) is 4. The lowest BCUT2D eigenvalue weighted by atomic mass is 9.79. The Morgan fingerprint density at radius 1 is 1.29 bits per heavy atom. The number of fused-ring (bicyclic) bond motifs is 1. The van der Waals surface area contributed by atoms with Gasteiger partial charge < -0.3 is 20.7 Å². The molecule has 0 fully saturated rings. The normalized spacial score (nSPS) is 12.5. The topological polar surface area (TPSA) is 116 Å². The Morgan fingerprint density at radius 3 is 2.76 bits per heavy atom. The Labute approximate surface area is 200 Å². The van der Waals surface area contributed by atoms with Crippen molar-refractivity contribution >= 4 is 40.1 Å². The molecule has 0 saturated carbocycles. The largest absolute Gasteiger partial charge is 0.481 e. The number of halogens is 2. The summed E-state index contributed by atoms with van der Waals surface area (Å²) in [6, 6.07) is 7.81. The Balaban J connectivity index is 1.80. The number of rotatable bonds is 8. The summed E-state index contributed by atoms with van der Waals surface area (Å²) in [5.41, 5.74) is 2.15. The number of pyridine rings is 3. The Kier molecular flexibility index (Phi) is 6.39. The Bertz CT molecular complexity index is 1340. The van der Waals surface area contributed by atoms with Crippen LogP contribution in [-0.4, -0.2) is 44.1 Å². The molecule has 0 bridgehead atoms. The first kappa shape index (κ1) is 23.4. The molecule has 34 heavy (non-hydrogen) atoms. The number of anilines is 2. The summed E-state index contributed by atoms with van der Waals surface area (Å²) in [6.45, 7) is 3.73. The van der Waals surface area contributed by atoms with Crippen molar-refractivity contribution in [2.75, 3.05) is 17.7 Å². The van der Waals surface area contributed by atoms with Crippen molar-refractivity contribution < 1.29 is 14.3 Å². The Morgan fingerprint density at radius 2 is 2.09 bits per heavy atom. The second-order valence-electron chi connectivity index (χ2n) is 8.45. The number of aliphatic carboxylic acids is 1. The number of carboxylic acid groups (broad SMARTS) is 1. The fourth-order valence-electron chi connectivity index (χ4n) is 3.91. The second-order valence-corrected chi connectivity index (χ2v) is 8.88. The molecule has 4 aromatic heterocycles. The van der Waals surface area contributed by atoms with Crippen LogP contribution in [0.3, 0.4) is 0 Å². The number of aromatic nitrogens is 4. The van der Waals surface area contributed by atoms with Crippen LogP contribution >= 0.6 is 11.6 Å². The minimum absolute atomic E-state index is 0.0615. The van der Waals surface area contributed by atoms with E-state index in [2.05, 4.69) is 30.6 Å². The first-order valence-electron chi connectivity index (χ1n) is 10.6. The molecule has 0 aromatic carbocycles. The fraction of sp³-hybridized carbons (Fsp3) is 0.250. The van der Waals surface area contributed by atoms with Crippen molar-refractivity contribution in [3.05, 3.63) is 65.5 Å². The van der Waals surface area contributed by atoms with Crippen molar-refractivity contribution in [3.63, 3.8) is 0 Å². The van der Waals surface area contributed by atoms with Crippen LogP contribution in [0, 0.1) is 5.82 Å². The molecule has 8 nitrogen and oxygen atoms in total. The SMILES string of the molecule is CNc1cc(F)c(NC(CC(=O)O)C(C)(C)c2ccccn2)nc1-c1c[nH]c2ncc(Cl)cc12. The first-order valence-corrected chi connectivity index (χ1v) is 11.0. The lowest BCUT2D eigenvalue weighted by Gasteiger charge is -2.34. The van der Waals surface area contributed by atoms with Gasteiger partial charge in [-0.2, -0.15) is 0 Å². The summed E-state index contributed by atoms with van der Waals surface area (Å²) in [5.74, 6) is -1.70. The number of carbonyl (C=O) groups is 1. The van der Waals surface area contributed by atoms with E-state index in [0.717, 1.165) is 5.39 Å². The Hall–Kier alpha value is -3.72. The summed E-state index contributed by atoms with van der Waals surface area (Å²) >= 11 is 6.14. The fourth-order valence-corrected chi connectivity index (χ4v) is 4.07. The van der Waals surface area contributed by atoms with E-state index in [1.54, 1.807) is 31.6 Å². The van der Waals surface area contributed by atoms with Crippen LogP contribution in [0.1, 0.15) is 26.0 Å². The monoisotopic (exact) mass is 482 g/mol. The van der Waals surface area contributed by atoms with E-state index in [1.807, 2.05) is 26.0 Å². The van der Waals surface area contributed by atoms with Crippen LogP contribution < -0.4 is 10.6 Å². The lowest BCUT2D eigenvalue weighted by molar-refractivity contribution is -0.137. The smallest absolute Gasteiger partial charge is 0.305 e. The molecule has 4 rings (SSSR count). The summed E-state index contributed by atoms with van der Waals surface area (Å²) < 4.78 is 15.2. The molecular formula is C24H24ClFN6O2. The predicted octanol–water partition coefficient (Wildman–Crippen LogP) is 5.09. The zero-order chi connectivity index (χ0) is 24.5. The maximum absolute atomic E-state index is 15.2. The third-order valence-corrected chi connectivity index (χ3v) is 6.09. The number of H-pyrrole nitrogens is 1. The molecular weight excluding hydrogens is 459 g/mol. The number of nitrogens with zero attached hydrogens (tertiary/aromatic N) is 3. The van der Waals surface area contributed by atoms with E-state index in [1.165, 1.54) is 12.3 Å². The van der Waals surface area contributed by atoms with Crippen molar-refractivity contribution in [1.29, 1.82) is 0 Å². The van der Waals surface area contributed by atoms with Crippen LogP contribution in [-0.2, 0) is 10.2 Å². The molecule has 0 amide bonds. The minimum atomic E-state index is -1.02. The van der Waals surface area contributed by atoms with Crippen molar-refractivity contribution in [2.24, 2.45) is 0 Å². The van der Waals surface area contributed by atoms with Crippen molar-refractivity contribution in [1.82, 2.24) is 19.9 Å². The van der Waals surface area contributed by atoms with Crippen LogP contribution in [0.4, 0.5) is 15.9 Å². The third-order valence-electron chi connectivity index (χ3n) is 5.88. The van der Waals surface area contributed by atoms with Crippen LogP contribution in [0.15, 0.2) is 48.9 Å². The van der Waals surface area contributed by atoms with Gasteiger partial charge in [-0.3, -0.25) is 9.78 Å². The molecule has 10 heteroatoms. The second kappa shape index (κ2) is 9.26. The van der Waals surface area contributed by atoms with E-state index in [9.17, 15) is 9.90 Å². The van der Waals surface area contributed by atoms with Gasteiger partial charge in [0.2, 0.25) is 0 Å². The van der Waals surface area contributed by atoms with Crippen LogP contribution in [0.25, 0.3) is 22.3 Å². The summed E-state index contributed by atoms with van der Waals surface area (Å²) in [4.78, 5) is 28.0. The molecule has 176 valence electrons. The summed E-state index contributed by atoms with van der Waals surface area (Å²) in [7, 11) is 1.67. The number of carboxylic acids is 1. The predicted molar refractivity (Wildman–Crippen MR) is 131 cm³/mol. The lowest BCUT2D eigenvalue weighted by Crippen LogP contribution is -2.42. The maximum Gasteiger partial charge on any atom is 0.305 e. The maximum atomic E-state index is 15.2. The zero-order valence-electron chi connectivity index (χ0n) is 18.9. The molecule has 4 heterocycles. The average Bonchev–Trinajstić information content (AvgIpc) is 3.22. The van der Waals surface area contributed by atoms with Gasteiger partial charge in [-0.05, 0) is 18.2 Å². The van der Waals surface area contributed by atoms with Gasteiger partial charge in [0.15, 0.2) is 11.6 Å². The van der Waals surface area contributed by atoms with Crippen molar-refractivity contribution in [3.8, 4) is 11.3 Å². The van der Waals surface area contributed by atoms with Gasteiger partial charge in [0, 0.05) is 59.8 Å². The van der Waals surface area contributed by atoms with Crippen LogP contribution in [0.5, 0.6) is 0 Å². The van der Waals surface area contributed by atoms with Crippen LogP contribution in [0.2, 0.25) is 5.02 Å². The highest BCUT2D eigenvalue weighted by Crippen LogP contribution is 2.36. The molecule has 4 aromatic rings. The summed E-state index contributed by atoms with van der Waals surface area (Å²) in [6.07, 6.45) is 4.64. The quantitative estimate of drug-likeness (QED) is 0.276. The van der Waals surface area contributed by atoms with Gasteiger partial charge in [-0.25, -0.2) is 14.4 Å². The standard InChI is InChI=1S/C24H24ClFN6O2/c1-24(2,18-6-4-5-7-28-18)19(10-20(33)34)31-23-16(26)9-17(27-3)21(32-23)15-12-30-22-14(15)8-13(25)11-29-22/h4-9,11-12,19,27H,10H2,1-3H3,(H,29,30)(H,31,32)(H,33,34). The van der Waals surface area contributed by atoms with Gasteiger partial charge in [-0.15, -0.1) is 0 Å². The molecule has 0 spiro atoms. The van der Waals surface area contributed by atoms with Gasteiger partial charge in [0.1, 0.15) is 5.65 Å². The van der Waals surface area contributed by atoms with Gasteiger partial charge in [0.05, 0.1) is 22.8 Å². The minimum Gasteiger partial charge on any atom is -0.481 e. The molecule has 0 saturated heterocycles. The highest BCUT2D eigenvalue weighted by Gasteiger charge is 2.35. The zero-order valence-corrected chi connectivity index (χ0v) is 19.6. The molecule has 0 aliphatic rings. The third kappa shape index (κ3) is 4.51. The number of aromatic amines is 1. The van der Waals surface area contributed by atoms with E-state index in [0.29, 0.717) is 33.3 Å². The van der Waals surface area contributed by atoms with E-state index >= 15 is 4.39 Å². The summed E-state index contributed by atoms with van der Waals surface area (Å²) in [5, 5.41) is 16.8.